The summed E-state index contributed by atoms with van der Waals surface area (Å²) in [6.07, 6.45) is 1.75. The lowest BCUT2D eigenvalue weighted by Gasteiger charge is -2.01. The van der Waals surface area contributed by atoms with Gasteiger partial charge in [-0.1, -0.05) is 42.5 Å². The summed E-state index contributed by atoms with van der Waals surface area (Å²) in [5.74, 6) is -0.423. The van der Waals surface area contributed by atoms with Gasteiger partial charge in [-0.15, -0.1) is 0 Å². The number of thiocarbonyl (C=S) groups is 1. The molecule has 0 aromatic heterocycles. The maximum absolute atomic E-state index is 10.6. The Morgan fingerprint density at radius 1 is 1.36 bits per heavy atom. The van der Waals surface area contributed by atoms with Crippen LogP contribution in [0.5, 0.6) is 0 Å². The third kappa shape index (κ3) is 4.14. The topological polar surface area (TPSA) is 26.3 Å². The number of carbonyl (C=O) groups excluding carboxylic acids is 1. The molecule has 0 saturated heterocycles. The van der Waals surface area contributed by atoms with E-state index in [0.29, 0.717) is 6.61 Å². The summed E-state index contributed by atoms with van der Waals surface area (Å²) >= 11 is 4.42. The van der Waals surface area contributed by atoms with Gasteiger partial charge in [0.2, 0.25) is 0 Å². The predicted octanol–water partition coefficient (Wildman–Crippen LogP) is 2.16. The molecule has 14 heavy (non-hydrogen) atoms. The van der Waals surface area contributed by atoms with E-state index in [1.54, 1.807) is 0 Å². The highest BCUT2D eigenvalue weighted by molar-refractivity contribution is 7.80. The number of benzene rings is 1. The number of hydrogen-bond acceptors (Lipinski definition) is 3. The van der Waals surface area contributed by atoms with Crippen molar-refractivity contribution >= 4 is 23.6 Å². The molecule has 1 rings (SSSR count). The Bertz CT molecular complexity index is 295. The fraction of sp³-hybridized carbons (Fsp3) is 0.273. The van der Waals surface area contributed by atoms with Gasteiger partial charge in [0.25, 0.3) is 0 Å². The van der Waals surface area contributed by atoms with Gasteiger partial charge in [0, 0.05) is 0 Å². The van der Waals surface area contributed by atoms with E-state index in [0.717, 1.165) is 18.2 Å². The Balaban J connectivity index is 2.16. The first kappa shape index (κ1) is 10.9. The first-order chi connectivity index (χ1) is 6.83. The van der Waals surface area contributed by atoms with E-state index in [1.165, 1.54) is 5.56 Å². The van der Waals surface area contributed by atoms with Gasteiger partial charge in [0.15, 0.2) is 0 Å². The fourth-order valence-corrected chi connectivity index (χ4v) is 1.20. The Labute approximate surface area is 88.9 Å². The molecule has 0 bridgehead atoms. The number of esters is 1. The molecule has 2 nitrogen and oxygen atoms in total. The molecule has 0 radical (unpaired) electrons. The Hall–Kier alpha value is -1.22. The first-order valence-corrected chi connectivity index (χ1v) is 4.96. The van der Waals surface area contributed by atoms with Crippen molar-refractivity contribution in [1.29, 1.82) is 0 Å². The molecule has 0 fully saturated rings. The molecule has 1 aromatic carbocycles. The van der Waals surface area contributed by atoms with Crippen LogP contribution in [0.1, 0.15) is 12.0 Å². The molecular weight excluding hydrogens is 196 g/mol. The van der Waals surface area contributed by atoms with E-state index in [4.69, 9.17) is 4.74 Å². The van der Waals surface area contributed by atoms with Crippen molar-refractivity contribution in [2.75, 3.05) is 6.61 Å². The number of rotatable bonds is 5. The third-order valence-electron chi connectivity index (χ3n) is 1.79. The van der Waals surface area contributed by atoms with Crippen molar-refractivity contribution in [2.45, 2.75) is 12.8 Å². The van der Waals surface area contributed by atoms with Crippen molar-refractivity contribution in [3.05, 3.63) is 35.9 Å². The van der Waals surface area contributed by atoms with Gasteiger partial charge in [-0.2, -0.15) is 0 Å². The zero-order valence-corrected chi connectivity index (χ0v) is 8.63. The lowest BCUT2D eigenvalue weighted by molar-refractivity contribution is -0.134. The molecule has 1 aromatic rings. The van der Waals surface area contributed by atoms with Crippen molar-refractivity contribution in [1.82, 2.24) is 0 Å². The lowest BCUT2D eigenvalue weighted by Crippen LogP contribution is -2.06. The van der Waals surface area contributed by atoms with Crippen molar-refractivity contribution in [3.63, 3.8) is 0 Å². The zero-order chi connectivity index (χ0) is 10.2. The number of aryl methyl sites for hydroxylation is 1. The third-order valence-corrected chi connectivity index (χ3v) is 1.99. The quantitative estimate of drug-likeness (QED) is 0.421. The second-order valence-electron chi connectivity index (χ2n) is 2.87. The van der Waals surface area contributed by atoms with Crippen LogP contribution in [0.15, 0.2) is 30.3 Å². The average molecular weight is 208 g/mol. The summed E-state index contributed by atoms with van der Waals surface area (Å²) in [5.41, 5.74) is 1.26. The number of ether oxygens (including phenoxy) is 1. The van der Waals surface area contributed by atoms with Crippen molar-refractivity contribution in [2.24, 2.45) is 0 Å². The Morgan fingerprint density at radius 2 is 2.07 bits per heavy atom. The number of carbonyl (C=O) groups is 1. The normalized spacial score (nSPS) is 9.43. The van der Waals surface area contributed by atoms with Crippen LogP contribution in [0.25, 0.3) is 0 Å². The summed E-state index contributed by atoms with van der Waals surface area (Å²) in [7, 11) is 0. The van der Waals surface area contributed by atoms with Crippen LogP contribution in [-0.4, -0.2) is 17.9 Å². The van der Waals surface area contributed by atoms with E-state index in [9.17, 15) is 4.79 Å². The van der Waals surface area contributed by atoms with Gasteiger partial charge in [0.05, 0.1) is 12.0 Å². The number of hydrogen-bond donors (Lipinski definition) is 0. The molecule has 0 atom stereocenters. The van der Waals surface area contributed by atoms with Crippen LogP contribution in [0, 0.1) is 0 Å². The average Bonchev–Trinajstić information content (AvgIpc) is 2.25. The Morgan fingerprint density at radius 3 is 2.71 bits per heavy atom. The lowest BCUT2D eigenvalue weighted by atomic mass is 10.1. The largest absolute Gasteiger partial charge is 0.462 e. The standard InChI is InChI=1S/C11H12O2S/c12-11(9-14)13-8-4-7-10-5-2-1-3-6-10/h1-3,5-6,9H,4,7-8H2. The van der Waals surface area contributed by atoms with E-state index in [2.05, 4.69) is 24.4 Å². The SMILES string of the molecule is O=C(C=S)OCCCc1ccccc1. The molecule has 0 unspecified atom stereocenters. The van der Waals surface area contributed by atoms with Crippen LogP contribution in [0.4, 0.5) is 0 Å². The van der Waals surface area contributed by atoms with E-state index in [-0.39, 0.29) is 0 Å². The summed E-state index contributed by atoms with van der Waals surface area (Å²) < 4.78 is 4.81. The molecule has 0 aliphatic rings. The first-order valence-electron chi connectivity index (χ1n) is 4.49. The molecule has 0 amide bonds. The molecular formula is C11H12O2S. The van der Waals surface area contributed by atoms with Gasteiger partial charge >= 0.3 is 5.97 Å². The molecule has 0 N–H and O–H groups in total. The molecule has 0 aliphatic carbocycles. The molecule has 0 heterocycles. The summed E-state index contributed by atoms with van der Waals surface area (Å²) in [6.45, 7) is 0.431. The van der Waals surface area contributed by atoms with Crippen LogP contribution >= 0.6 is 12.2 Å². The van der Waals surface area contributed by atoms with E-state index in [1.807, 2.05) is 18.2 Å². The highest BCUT2D eigenvalue weighted by Crippen LogP contribution is 2.02. The highest BCUT2D eigenvalue weighted by Gasteiger charge is 1.96. The summed E-state index contributed by atoms with van der Waals surface area (Å²) in [6, 6.07) is 10.1. The Kier molecular flexibility index (Phi) is 4.86. The zero-order valence-electron chi connectivity index (χ0n) is 7.81. The van der Waals surface area contributed by atoms with Crippen LogP contribution in [-0.2, 0) is 16.0 Å². The molecule has 0 aliphatic heterocycles. The smallest absolute Gasteiger partial charge is 0.341 e. The summed E-state index contributed by atoms with van der Waals surface area (Å²) in [4.78, 5) is 10.6. The van der Waals surface area contributed by atoms with E-state index >= 15 is 0 Å². The predicted molar refractivity (Wildman–Crippen MR) is 59.4 cm³/mol. The second-order valence-corrected chi connectivity index (χ2v) is 3.11. The van der Waals surface area contributed by atoms with Crippen molar-refractivity contribution in [3.8, 4) is 0 Å². The van der Waals surface area contributed by atoms with Crippen LogP contribution in [0.3, 0.4) is 0 Å². The van der Waals surface area contributed by atoms with Gasteiger partial charge < -0.3 is 4.74 Å². The highest BCUT2D eigenvalue weighted by atomic mass is 32.1. The molecule has 0 spiro atoms. The maximum Gasteiger partial charge on any atom is 0.341 e. The van der Waals surface area contributed by atoms with Crippen LogP contribution < -0.4 is 0 Å². The van der Waals surface area contributed by atoms with E-state index < -0.39 is 5.97 Å². The van der Waals surface area contributed by atoms with Gasteiger partial charge in [-0.3, -0.25) is 0 Å². The van der Waals surface area contributed by atoms with Gasteiger partial charge in [-0.05, 0) is 18.4 Å². The summed E-state index contributed by atoms with van der Waals surface area (Å²) in [5, 5.41) is 1.02. The molecule has 3 heteroatoms. The fourth-order valence-electron chi connectivity index (χ4n) is 1.13. The molecule has 74 valence electrons. The van der Waals surface area contributed by atoms with Crippen LogP contribution in [0.2, 0.25) is 0 Å². The second kappa shape index (κ2) is 6.27. The monoisotopic (exact) mass is 208 g/mol. The van der Waals surface area contributed by atoms with Gasteiger partial charge in [0.1, 0.15) is 0 Å². The molecule has 0 saturated carbocycles. The minimum Gasteiger partial charge on any atom is -0.462 e. The minimum absolute atomic E-state index is 0.423. The maximum atomic E-state index is 10.6. The van der Waals surface area contributed by atoms with Crippen molar-refractivity contribution < 1.29 is 9.53 Å². The minimum atomic E-state index is -0.423. The van der Waals surface area contributed by atoms with Gasteiger partial charge in [-0.25, -0.2) is 4.79 Å².